The summed E-state index contributed by atoms with van der Waals surface area (Å²) in [7, 11) is 0. The minimum atomic E-state index is -0.539. The third kappa shape index (κ3) is 5.08. The number of hydrogen-bond acceptors (Lipinski definition) is 3. The number of hydrogen-bond donors (Lipinski definition) is 2. The average Bonchev–Trinajstić information content (AvgIpc) is 2.65. The molecule has 0 saturated heterocycles. The van der Waals surface area contributed by atoms with E-state index >= 15 is 0 Å². The molecule has 0 aliphatic heterocycles. The van der Waals surface area contributed by atoms with Crippen molar-refractivity contribution in [2.75, 3.05) is 5.32 Å². The number of nitrogens with one attached hydrogen (secondary N) is 2. The predicted molar refractivity (Wildman–Crippen MR) is 101 cm³/mol. The largest absolute Gasteiger partial charge is 0.360 e. The number of aryl methyl sites for hydroxylation is 1. The highest BCUT2D eigenvalue weighted by Gasteiger charge is 2.14. The first kappa shape index (κ1) is 19.5. The first-order valence-corrected chi connectivity index (χ1v) is 8.54. The Morgan fingerprint density at radius 3 is 2.58 bits per heavy atom. The molecule has 0 aliphatic carbocycles. The van der Waals surface area contributed by atoms with Gasteiger partial charge in [0.25, 0.3) is 5.91 Å². The molecule has 0 aromatic heterocycles. The molecular formula is C20H19ClFN3O. The van der Waals surface area contributed by atoms with E-state index in [1.807, 2.05) is 37.3 Å². The highest BCUT2D eigenvalue weighted by molar-refractivity contribution is 6.31. The number of rotatable bonds is 6. The molecule has 0 heterocycles. The van der Waals surface area contributed by atoms with Gasteiger partial charge < -0.3 is 10.6 Å². The van der Waals surface area contributed by atoms with E-state index in [1.165, 1.54) is 30.0 Å². The number of anilines is 1. The van der Waals surface area contributed by atoms with Gasteiger partial charge in [0.1, 0.15) is 17.5 Å². The van der Waals surface area contributed by atoms with Crippen molar-refractivity contribution in [1.82, 2.24) is 5.32 Å². The zero-order valence-corrected chi connectivity index (χ0v) is 15.3. The van der Waals surface area contributed by atoms with Gasteiger partial charge in [0, 0.05) is 11.9 Å². The van der Waals surface area contributed by atoms with Gasteiger partial charge in [0.05, 0.1) is 11.1 Å². The number of nitrogens with zero attached hydrogens (tertiary/aromatic N) is 1. The second kappa shape index (κ2) is 9.02. The molecule has 6 heteroatoms. The van der Waals surface area contributed by atoms with Gasteiger partial charge in [-0.15, -0.1) is 0 Å². The fraction of sp³-hybridized carbons (Fsp3) is 0.200. The van der Waals surface area contributed by atoms with Crippen LogP contribution in [-0.4, -0.2) is 5.91 Å². The molecule has 0 fully saturated rings. The van der Waals surface area contributed by atoms with Gasteiger partial charge in [0.15, 0.2) is 0 Å². The molecule has 1 atom stereocenters. The summed E-state index contributed by atoms with van der Waals surface area (Å²) in [5.74, 6) is -1.04. The number of amides is 1. The summed E-state index contributed by atoms with van der Waals surface area (Å²) in [5.41, 5.74) is 2.54. The zero-order valence-electron chi connectivity index (χ0n) is 14.5. The maximum absolute atomic E-state index is 13.2. The Hall–Kier alpha value is -2.84. The van der Waals surface area contributed by atoms with E-state index in [1.54, 1.807) is 0 Å². The normalized spacial score (nSPS) is 12.2. The molecule has 2 N–H and O–H groups in total. The molecule has 1 unspecified atom stereocenters. The number of benzene rings is 2. The number of halogens is 2. The van der Waals surface area contributed by atoms with Crippen molar-refractivity contribution in [2.24, 2.45) is 0 Å². The van der Waals surface area contributed by atoms with Crippen LogP contribution in [0.1, 0.15) is 31.0 Å². The van der Waals surface area contributed by atoms with Crippen molar-refractivity contribution in [1.29, 1.82) is 5.26 Å². The molecule has 0 bridgehead atoms. The molecule has 0 saturated carbocycles. The molecule has 4 nitrogen and oxygen atoms in total. The van der Waals surface area contributed by atoms with Gasteiger partial charge in [-0.2, -0.15) is 5.26 Å². The highest BCUT2D eigenvalue weighted by atomic mass is 35.5. The molecule has 2 aromatic rings. The first-order valence-electron chi connectivity index (χ1n) is 8.16. The van der Waals surface area contributed by atoms with Crippen LogP contribution >= 0.6 is 11.6 Å². The Bertz CT molecular complexity index is 856. The topological polar surface area (TPSA) is 64.9 Å². The Morgan fingerprint density at radius 2 is 2.00 bits per heavy atom. The quantitative estimate of drug-likeness (QED) is 0.569. The average molecular weight is 372 g/mol. The molecule has 26 heavy (non-hydrogen) atoms. The Labute approximate surface area is 157 Å². The van der Waals surface area contributed by atoms with Gasteiger partial charge in [-0.3, -0.25) is 4.79 Å². The van der Waals surface area contributed by atoms with Crippen LogP contribution in [0.25, 0.3) is 0 Å². The summed E-state index contributed by atoms with van der Waals surface area (Å²) in [6.07, 6.45) is 2.22. The molecule has 2 rings (SSSR count). The van der Waals surface area contributed by atoms with E-state index in [0.717, 1.165) is 12.0 Å². The van der Waals surface area contributed by atoms with E-state index in [4.69, 9.17) is 11.6 Å². The third-order valence-corrected chi connectivity index (χ3v) is 4.19. The standard InChI is InChI=1S/C20H19ClFN3O/c1-3-14-4-6-15(7-5-14)13(2)25-20(26)16(11-23)12-24-17-8-9-19(22)18(21)10-17/h4-10,12-13,24H,3H2,1-2H3,(H,25,26)/b16-12-. The van der Waals surface area contributed by atoms with Crippen molar-refractivity contribution < 1.29 is 9.18 Å². The van der Waals surface area contributed by atoms with Crippen LogP contribution in [0.3, 0.4) is 0 Å². The van der Waals surface area contributed by atoms with Crippen LogP contribution in [0.2, 0.25) is 5.02 Å². The fourth-order valence-corrected chi connectivity index (χ4v) is 2.47. The van der Waals surface area contributed by atoms with Crippen LogP contribution in [0.15, 0.2) is 54.2 Å². The minimum absolute atomic E-state index is 0.0458. The van der Waals surface area contributed by atoms with Gasteiger partial charge in [-0.05, 0) is 42.7 Å². The molecular weight excluding hydrogens is 353 g/mol. The van der Waals surface area contributed by atoms with Crippen LogP contribution < -0.4 is 10.6 Å². The molecule has 2 aromatic carbocycles. The Morgan fingerprint density at radius 1 is 1.31 bits per heavy atom. The van der Waals surface area contributed by atoms with Crippen molar-refractivity contribution >= 4 is 23.2 Å². The Balaban J connectivity index is 2.04. The second-order valence-corrected chi connectivity index (χ2v) is 6.14. The van der Waals surface area contributed by atoms with Crippen LogP contribution in [0.5, 0.6) is 0 Å². The maximum Gasteiger partial charge on any atom is 0.263 e. The molecule has 0 spiro atoms. The summed E-state index contributed by atoms with van der Waals surface area (Å²) < 4.78 is 13.2. The van der Waals surface area contributed by atoms with Crippen LogP contribution in [0, 0.1) is 17.1 Å². The van der Waals surface area contributed by atoms with E-state index < -0.39 is 11.7 Å². The monoisotopic (exact) mass is 371 g/mol. The smallest absolute Gasteiger partial charge is 0.263 e. The summed E-state index contributed by atoms with van der Waals surface area (Å²) in [5, 5.41) is 14.7. The predicted octanol–water partition coefficient (Wildman–Crippen LogP) is 4.74. The van der Waals surface area contributed by atoms with Crippen LogP contribution in [0.4, 0.5) is 10.1 Å². The van der Waals surface area contributed by atoms with E-state index in [9.17, 15) is 14.4 Å². The summed E-state index contributed by atoms with van der Waals surface area (Å²) >= 11 is 5.70. The third-order valence-electron chi connectivity index (χ3n) is 3.90. The maximum atomic E-state index is 13.2. The van der Waals surface area contributed by atoms with Gasteiger partial charge in [0.2, 0.25) is 0 Å². The first-order chi connectivity index (χ1) is 12.4. The van der Waals surface area contributed by atoms with Crippen molar-refractivity contribution in [3.8, 4) is 6.07 Å². The lowest BCUT2D eigenvalue weighted by atomic mass is 10.0. The van der Waals surface area contributed by atoms with Crippen molar-refractivity contribution in [3.05, 3.63) is 76.2 Å². The van der Waals surface area contributed by atoms with E-state index in [-0.39, 0.29) is 16.6 Å². The Kier molecular flexibility index (Phi) is 6.76. The van der Waals surface area contributed by atoms with Crippen molar-refractivity contribution in [3.63, 3.8) is 0 Å². The van der Waals surface area contributed by atoms with Gasteiger partial charge in [-0.1, -0.05) is 42.8 Å². The summed E-state index contributed by atoms with van der Waals surface area (Å²) in [6.45, 7) is 3.92. The van der Waals surface area contributed by atoms with Crippen LogP contribution in [-0.2, 0) is 11.2 Å². The van der Waals surface area contributed by atoms with Crippen molar-refractivity contribution in [2.45, 2.75) is 26.3 Å². The molecule has 0 radical (unpaired) electrons. The zero-order chi connectivity index (χ0) is 19.1. The second-order valence-electron chi connectivity index (χ2n) is 5.73. The number of nitriles is 1. The molecule has 0 aliphatic rings. The lowest BCUT2D eigenvalue weighted by molar-refractivity contribution is -0.117. The number of carbonyl (C=O) groups is 1. The highest BCUT2D eigenvalue weighted by Crippen LogP contribution is 2.19. The van der Waals surface area contributed by atoms with E-state index in [0.29, 0.717) is 5.69 Å². The van der Waals surface area contributed by atoms with Gasteiger partial charge in [-0.25, -0.2) is 4.39 Å². The van der Waals surface area contributed by atoms with Gasteiger partial charge >= 0.3 is 0 Å². The lowest BCUT2D eigenvalue weighted by Gasteiger charge is -2.14. The summed E-state index contributed by atoms with van der Waals surface area (Å²) in [6, 6.07) is 13.6. The number of carbonyl (C=O) groups excluding carboxylic acids is 1. The molecule has 134 valence electrons. The summed E-state index contributed by atoms with van der Waals surface area (Å²) in [4.78, 5) is 12.3. The SMILES string of the molecule is CCc1ccc(C(C)NC(=O)/C(C#N)=C\Nc2ccc(F)c(Cl)c2)cc1. The lowest BCUT2D eigenvalue weighted by Crippen LogP contribution is -2.28. The van der Waals surface area contributed by atoms with E-state index in [2.05, 4.69) is 17.6 Å². The fourth-order valence-electron chi connectivity index (χ4n) is 2.29. The minimum Gasteiger partial charge on any atom is -0.360 e. The molecule has 1 amide bonds.